The van der Waals surface area contributed by atoms with Gasteiger partial charge in [0.15, 0.2) is 0 Å². The molecule has 1 N–H and O–H groups in total. The number of likely N-dealkylation sites (tertiary alicyclic amines) is 1. The minimum atomic E-state index is -4.44. The highest BCUT2D eigenvalue weighted by atomic mass is 35.5. The van der Waals surface area contributed by atoms with Crippen LogP contribution >= 0.6 is 12.4 Å². The van der Waals surface area contributed by atoms with Gasteiger partial charge >= 0.3 is 6.18 Å². The van der Waals surface area contributed by atoms with Crippen molar-refractivity contribution >= 4 is 40.0 Å². The highest BCUT2D eigenvalue weighted by molar-refractivity contribution is 7.92. The molecule has 2 aromatic carbocycles. The molecule has 0 aromatic heterocycles. The first-order valence-corrected chi connectivity index (χ1v) is 13.0. The van der Waals surface area contributed by atoms with Gasteiger partial charge in [-0.1, -0.05) is 24.3 Å². The lowest BCUT2D eigenvalue weighted by Crippen LogP contribution is -2.40. The van der Waals surface area contributed by atoms with Crippen molar-refractivity contribution in [1.82, 2.24) is 4.90 Å². The van der Waals surface area contributed by atoms with Crippen molar-refractivity contribution in [3.8, 4) is 5.75 Å². The first kappa shape index (κ1) is 29.5. The van der Waals surface area contributed by atoms with Gasteiger partial charge in [0.1, 0.15) is 11.9 Å². The van der Waals surface area contributed by atoms with Gasteiger partial charge in [0, 0.05) is 25.9 Å². The zero-order valence-corrected chi connectivity index (χ0v) is 21.8. The zero-order chi connectivity index (χ0) is 25.6. The molecule has 1 aliphatic heterocycles. The lowest BCUT2D eigenvalue weighted by Gasteiger charge is -2.32. The first-order valence-electron chi connectivity index (χ1n) is 11.4. The van der Waals surface area contributed by atoms with Crippen LogP contribution in [0.2, 0.25) is 0 Å². The molecule has 0 atom stereocenters. The molecule has 0 aliphatic carbocycles. The van der Waals surface area contributed by atoms with Gasteiger partial charge in [0.05, 0.1) is 29.4 Å². The molecule has 198 valence electrons. The Balaban J connectivity index is 0.00000456. The fraction of sp³-hybridized carbons (Fsp3) is 0.400. The predicted molar refractivity (Wildman–Crippen MR) is 140 cm³/mol. The highest BCUT2D eigenvalue weighted by Crippen LogP contribution is 2.30. The van der Waals surface area contributed by atoms with Crippen LogP contribution in [-0.2, 0) is 16.2 Å². The molecule has 1 aliphatic rings. The number of halogens is 4. The van der Waals surface area contributed by atoms with E-state index in [-0.39, 0.29) is 30.8 Å². The number of hydrogen-bond acceptors (Lipinski definition) is 4. The lowest BCUT2D eigenvalue weighted by molar-refractivity contribution is -0.137. The van der Waals surface area contributed by atoms with E-state index in [1.807, 2.05) is 4.90 Å². The second-order valence-corrected chi connectivity index (χ2v) is 10.5. The number of amidine groups is 1. The molecule has 1 fully saturated rings. The van der Waals surface area contributed by atoms with Gasteiger partial charge in [-0.2, -0.15) is 13.2 Å². The van der Waals surface area contributed by atoms with Crippen molar-refractivity contribution in [2.24, 2.45) is 0 Å². The van der Waals surface area contributed by atoms with Crippen LogP contribution in [0.25, 0.3) is 6.08 Å². The van der Waals surface area contributed by atoms with E-state index < -0.39 is 21.8 Å². The van der Waals surface area contributed by atoms with E-state index in [9.17, 15) is 21.6 Å². The summed E-state index contributed by atoms with van der Waals surface area (Å²) < 4.78 is 71.5. The molecule has 0 unspecified atom stereocenters. The van der Waals surface area contributed by atoms with E-state index in [0.717, 1.165) is 38.1 Å². The van der Waals surface area contributed by atoms with Crippen LogP contribution in [0.5, 0.6) is 5.75 Å². The van der Waals surface area contributed by atoms with Crippen molar-refractivity contribution in [1.29, 1.82) is 5.41 Å². The average Bonchev–Trinajstić information content (AvgIpc) is 2.82. The molecular formula is C25H31ClF3N3O3S. The summed E-state index contributed by atoms with van der Waals surface area (Å²) >= 11 is 0. The molecule has 0 bridgehead atoms. The van der Waals surface area contributed by atoms with Crippen molar-refractivity contribution < 1.29 is 26.3 Å². The summed E-state index contributed by atoms with van der Waals surface area (Å²) in [5, 5.41) is 7.72. The van der Waals surface area contributed by atoms with Crippen LogP contribution in [0.15, 0.2) is 54.6 Å². The number of anilines is 1. The molecule has 6 nitrogen and oxygen atoms in total. The van der Waals surface area contributed by atoms with Crippen molar-refractivity contribution in [2.75, 3.05) is 29.7 Å². The number of ether oxygens (including phenoxy) is 1. The molecule has 1 saturated heterocycles. The Bertz CT molecular complexity index is 1150. The Morgan fingerprint density at radius 1 is 1.17 bits per heavy atom. The zero-order valence-electron chi connectivity index (χ0n) is 20.2. The molecular weight excluding hydrogens is 515 g/mol. The smallest absolute Gasteiger partial charge is 0.416 e. The fourth-order valence-corrected chi connectivity index (χ4v) is 4.90. The number of rotatable bonds is 8. The Morgan fingerprint density at radius 3 is 2.36 bits per heavy atom. The molecule has 36 heavy (non-hydrogen) atoms. The number of alkyl halides is 3. The van der Waals surface area contributed by atoms with E-state index in [4.69, 9.17) is 10.1 Å². The van der Waals surface area contributed by atoms with Crippen LogP contribution in [0.3, 0.4) is 0 Å². The number of benzene rings is 2. The Morgan fingerprint density at radius 2 is 1.81 bits per heavy atom. The van der Waals surface area contributed by atoms with Gasteiger partial charge < -0.3 is 9.64 Å². The summed E-state index contributed by atoms with van der Waals surface area (Å²) in [4.78, 5) is 2.00. The number of hydrogen-bond donors (Lipinski definition) is 1. The second-order valence-electron chi connectivity index (χ2n) is 8.34. The lowest BCUT2D eigenvalue weighted by atomic mass is 10.1. The van der Waals surface area contributed by atoms with Gasteiger partial charge in [0.25, 0.3) is 0 Å². The molecule has 3 rings (SSSR count). The molecule has 11 heteroatoms. The second kappa shape index (κ2) is 12.5. The standard InChI is InChI=1S/C25H30F3N3O3S.ClH/c1-3-35(32,33)31(15-5-7-20-6-4-8-21(18-20)25(26,27)28)22-9-11-23(12-10-22)34-24-13-16-30(17-14-24)19(2)29;/h4-12,18,24,29H,3,13-17H2,1-2H3;1H/b7-5+,29-19?;. The normalized spacial score (nSPS) is 15.0. The van der Waals surface area contributed by atoms with E-state index >= 15 is 0 Å². The molecule has 2 aromatic rings. The number of nitrogens with one attached hydrogen (secondary N) is 1. The van der Waals surface area contributed by atoms with E-state index in [1.54, 1.807) is 38.1 Å². The van der Waals surface area contributed by atoms with Crippen molar-refractivity contribution in [3.05, 3.63) is 65.7 Å². The van der Waals surface area contributed by atoms with E-state index in [0.29, 0.717) is 22.8 Å². The number of nitrogens with zero attached hydrogens (tertiary/aromatic N) is 2. The summed E-state index contributed by atoms with van der Waals surface area (Å²) in [6, 6.07) is 11.6. The maximum absolute atomic E-state index is 12.9. The summed E-state index contributed by atoms with van der Waals surface area (Å²) in [7, 11) is -3.62. The van der Waals surface area contributed by atoms with Crippen LogP contribution < -0.4 is 9.04 Å². The number of piperidine rings is 1. The molecule has 0 amide bonds. The Kier molecular flexibility index (Phi) is 10.2. The fourth-order valence-electron chi connectivity index (χ4n) is 3.83. The third kappa shape index (κ3) is 7.89. The Labute approximate surface area is 216 Å². The van der Waals surface area contributed by atoms with Gasteiger partial charge in [-0.15, -0.1) is 12.4 Å². The monoisotopic (exact) mass is 545 g/mol. The summed E-state index contributed by atoms with van der Waals surface area (Å²) in [5.74, 6) is 1.06. The van der Waals surface area contributed by atoms with Crippen LogP contribution in [0.4, 0.5) is 18.9 Å². The largest absolute Gasteiger partial charge is 0.490 e. The van der Waals surface area contributed by atoms with Gasteiger partial charge in [0.2, 0.25) is 10.0 Å². The number of sulfonamides is 1. The SMILES string of the molecule is CCS(=O)(=O)N(C/C=C/c1cccc(C(F)(F)F)c1)c1ccc(OC2CCN(C(C)=N)CC2)cc1.Cl. The summed E-state index contributed by atoms with van der Waals surface area (Å²) in [6.45, 7) is 4.81. The van der Waals surface area contributed by atoms with E-state index in [2.05, 4.69) is 0 Å². The third-order valence-corrected chi connectivity index (χ3v) is 7.60. The predicted octanol–water partition coefficient (Wildman–Crippen LogP) is 5.84. The molecule has 1 heterocycles. The van der Waals surface area contributed by atoms with Crippen LogP contribution in [-0.4, -0.2) is 50.6 Å². The average molecular weight is 546 g/mol. The first-order chi connectivity index (χ1) is 16.5. The van der Waals surface area contributed by atoms with Gasteiger partial charge in [-0.25, -0.2) is 8.42 Å². The molecule has 0 spiro atoms. The Hall–Kier alpha value is -2.72. The maximum Gasteiger partial charge on any atom is 0.416 e. The summed E-state index contributed by atoms with van der Waals surface area (Å²) in [6.07, 6.45) is 0.201. The van der Waals surface area contributed by atoms with Gasteiger partial charge in [-0.3, -0.25) is 9.71 Å². The third-order valence-electron chi connectivity index (χ3n) is 5.84. The summed E-state index contributed by atoms with van der Waals surface area (Å²) in [5.41, 5.74) is 0.0238. The van der Waals surface area contributed by atoms with Gasteiger partial charge in [-0.05, 0) is 55.8 Å². The van der Waals surface area contributed by atoms with E-state index in [1.165, 1.54) is 28.6 Å². The van der Waals surface area contributed by atoms with Crippen molar-refractivity contribution in [2.45, 2.75) is 39.0 Å². The highest BCUT2D eigenvalue weighted by Gasteiger charge is 2.30. The molecule has 0 saturated carbocycles. The minimum Gasteiger partial charge on any atom is -0.490 e. The molecule has 0 radical (unpaired) electrons. The minimum absolute atomic E-state index is 0. The maximum atomic E-state index is 12.9. The quantitative estimate of drug-likeness (QED) is 0.334. The topological polar surface area (TPSA) is 73.7 Å². The van der Waals surface area contributed by atoms with Crippen LogP contribution in [0, 0.1) is 5.41 Å². The van der Waals surface area contributed by atoms with Crippen LogP contribution in [0.1, 0.15) is 37.8 Å². The van der Waals surface area contributed by atoms with Crippen molar-refractivity contribution in [3.63, 3.8) is 0 Å².